The fourth-order valence-corrected chi connectivity index (χ4v) is 2.54. The molecule has 0 aliphatic rings. The van der Waals surface area contributed by atoms with E-state index < -0.39 is 27.1 Å². The fraction of sp³-hybridized carbons (Fsp3) is 0.538. The number of imidazole rings is 1. The van der Waals surface area contributed by atoms with Gasteiger partial charge >= 0.3 is 11.8 Å². The second kappa shape index (κ2) is 8.22. The number of hydrogen-bond donors (Lipinski definition) is 0. The van der Waals surface area contributed by atoms with Crippen molar-refractivity contribution in [3.8, 4) is 0 Å². The molecule has 0 N–H and O–H groups in total. The van der Waals surface area contributed by atoms with Crippen LogP contribution in [0.15, 0.2) is 12.4 Å². The van der Waals surface area contributed by atoms with E-state index in [4.69, 9.17) is 8.92 Å². The zero-order chi connectivity index (χ0) is 20.2. The molecule has 13 nitrogen and oxygen atoms in total. The van der Waals surface area contributed by atoms with Crippen LogP contribution in [0.5, 0.6) is 0 Å². The van der Waals surface area contributed by atoms with Crippen LogP contribution in [0, 0.1) is 17.0 Å². The van der Waals surface area contributed by atoms with E-state index in [0.29, 0.717) is 11.5 Å². The monoisotopic (exact) mass is 402 g/mol. The van der Waals surface area contributed by atoms with Gasteiger partial charge in [-0.3, -0.25) is 8.98 Å². The van der Waals surface area contributed by atoms with E-state index in [0.717, 1.165) is 12.5 Å². The molecule has 0 aliphatic heterocycles. The first kappa shape index (κ1) is 20.4. The van der Waals surface area contributed by atoms with Crippen molar-refractivity contribution in [2.24, 2.45) is 0 Å². The zero-order valence-corrected chi connectivity index (χ0v) is 15.6. The van der Waals surface area contributed by atoms with Gasteiger partial charge in [-0.2, -0.15) is 8.42 Å². The van der Waals surface area contributed by atoms with Gasteiger partial charge in [0.15, 0.2) is 5.82 Å². The summed E-state index contributed by atoms with van der Waals surface area (Å²) >= 11 is 0. The smallest absolute Gasteiger partial charge is 0.343 e. The third-order valence-electron chi connectivity index (χ3n) is 3.43. The first-order chi connectivity index (χ1) is 12.6. The first-order valence-corrected chi connectivity index (χ1v) is 9.43. The lowest BCUT2D eigenvalue weighted by atomic mass is 10.3. The molecule has 0 bridgehead atoms. The van der Waals surface area contributed by atoms with Crippen LogP contribution >= 0.6 is 0 Å². The standard InChI is InChI=1S/C13H18N6O7S/c1-9-14-4-13(19(21)22)17(9)5-11-6-18(16-15-11)12(7-25-10(2)20)8-26-27(3,23)24/h4,6,12H,5,7-8H2,1-3H3. The van der Waals surface area contributed by atoms with Crippen molar-refractivity contribution < 1.29 is 27.1 Å². The molecule has 0 aromatic carbocycles. The number of carbonyl (C=O) groups excluding carboxylic acids is 1. The average molecular weight is 402 g/mol. The minimum Gasteiger partial charge on any atom is -0.463 e. The molecular formula is C13H18N6O7S. The Hall–Kier alpha value is -2.87. The van der Waals surface area contributed by atoms with Crippen molar-refractivity contribution in [3.05, 3.63) is 34.0 Å². The molecule has 2 aromatic rings. The van der Waals surface area contributed by atoms with Gasteiger partial charge in [0.1, 0.15) is 31.1 Å². The van der Waals surface area contributed by atoms with Gasteiger partial charge in [-0.1, -0.05) is 5.21 Å². The molecule has 0 saturated carbocycles. The van der Waals surface area contributed by atoms with Gasteiger partial charge < -0.3 is 14.9 Å². The van der Waals surface area contributed by atoms with Crippen LogP contribution in [-0.4, -0.2) is 63.3 Å². The quantitative estimate of drug-likeness (QED) is 0.238. The summed E-state index contributed by atoms with van der Waals surface area (Å²) in [5, 5.41) is 18.8. The molecule has 1 unspecified atom stereocenters. The Kier molecular flexibility index (Phi) is 6.22. The van der Waals surface area contributed by atoms with Crippen molar-refractivity contribution in [2.75, 3.05) is 19.5 Å². The lowest BCUT2D eigenvalue weighted by Gasteiger charge is -2.15. The number of nitro groups is 1. The normalized spacial score (nSPS) is 12.7. The maximum atomic E-state index is 11.2. The second-order valence-corrected chi connectivity index (χ2v) is 7.29. The van der Waals surface area contributed by atoms with Gasteiger partial charge in [-0.15, -0.1) is 5.10 Å². The maximum Gasteiger partial charge on any atom is 0.343 e. The van der Waals surface area contributed by atoms with Gasteiger partial charge in [0.05, 0.1) is 19.1 Å². The van der Waals surface area contributed by atoms with E-state index in [1.54, 1.807) is 6.92 Å². The molecule has 14 heteroatoms. The van der Waals surface area contributed by atoms with E-state index in [1.807, 2.05) is 0 Å². The Labute approximate surface area is 154 Å². The topological polar surface area (TPSA) is 161 Å². The SMILES string of the molecule is CC(=O)OCC(COS(C)(=O)=O)n1cc(Cn2c([N+](=O)[O-])cnc2C)nn1. The van der Waals surface area contributed by atoms with E-state index >= 15 is 0 Å². The highest BCUT2D eigenvalue weighted by molar-refractivity contribution is 7.85. The van der Waals surface area contributed by atoms with Crippen molar-refractivity contribution in [1.29, 1.82) is 0 Å². The van der Waals surface area contributed by atoms with Crippen molar-refractivity contribution in [1.82, 2.24) is 24.5 Å². The van der Waals surface area contributed by atoms with Gasteiger partial charge in [0, 0.05) is 13.8 Å². The molecule has 0 spiro atoms. The van der Waals surface area contributed by atoms with E-state index in [-0.39, 0.29) is 25.6 Å². The molecule has 0 radical (unpaired) electrons. The number of aromatic nitrogens is 5. The van der Waals surface area contributed by atoms with Crippen LogP contribution in [0.3, 0.4) is 0 Å². The highest BCUT2D eigenvalue weighted by Crippen LogP contribution is 2.16. The highest BCUT2D eigenvalue weighted by atomic mass is 32.2. The molecule has 1 atom stereocenters. The van der Waals surface area contributed by atoms with Crippen LogP contribution in [0.25, 0.3) is 0 Å². The molecule has 0 amide bonds. The second-order valence-electron chi connectivity index (χ2n) is 5.64. The predicted octanol–water partition coefficient (Wildman–Crippen LogP) is -0.180. The summed E-state index contributed by atoms with van der Waals surface area (Å²) < 4.78 is 34.7. The maximum absolute atomic E-state index is 11.2. The van der Waals surface area contributed by atoms with Crippen LogP contribution in [-0.2, 0) is 30.4 Å². The Balaban J connectivity index is 2.19. The van der Waals surface area contributed by atoms with Gasteiger partial charge in [-0.05, 0) is 4.92 Å². The largest absolute Gasteiger partial charge is 0.463 e. The summed E-state index contributed by atoms with van der Waals surface area (Å²) in [6, 6.07) is -0.747. The van der Waals surface area contributed by atoms with Crippen LogP contribution in [0.2, 0.25) is 0 Å². The molecule has 148 valence electrons. The van der Waals surface area contributed by atoms with Gasteiger partial charge in [0.2, 0.25) is 0 Å². The lowest BCUT2D eigenvalue weighted by molar-refractivity contribution is -0.392. The Morgan fingerprint density at radius 1 is 1.41 bits per heavy atom. The van der Waals surface area contributed by atoms with Crippen molar-refractivity contribution >= 4 is 21.9 Å². The number of nitrogens with zero attached hydrogens (tertiary/aromatic N) is 6. The number of carbonyl (C=O) groups is 1. The van der Waals surface area contributed by atoms with E-state index in [1.165, 1.54) is 22.4 Å². The third-order valence-corrected chi connectivity index (χ3v) is 3.99. The Bertz CT molecular complexity index is 935. The fourth-order valence-electron chi connectivity index (χ4n) is 2.14. The summed E-state index contributed by atoms with van der Waals surface area (Å²) in [6.45, 7) is 2.36. The zero-order valence-electron chi connectivity index (χ0n) is 14.8. The third kappa shape index (κ3) is 5.82. The molecule has 0 aliphatic carbocycles. The van der Waals surface area contributed by atoms with Crippen LogP contribution < -0.4 is 0 Å². The number of aryl methyl sites for hydroxylation is 1. The lowest BCUT2D eigenvalue weighted by Crippen LogP contribution is -2.24. The number of esters is 1. The van der Waals surface area contributed by atoms with Gasteiger partial charge in [-0.25, -0.2) is 14.2 Å². The summed E-state index contributed by atoms with van der Waals surface area (Å²) in [5.41, 5.74) is 0.367. The summed E-state index contributed by atoms with van der Waals surface area (Å²) in [6.07, 6.45) is 3.50. The van der Waals surface area contributed by atoms with Crippen LogP contribution in [0.4, 0.5) is 5.82 Å². The number of hydrogen-bond acceptors (Lipinski definition) is 10. The minimum atomic E-state index is -3.71. The molecule has 2 heterocycles. The highest BCUT2D eigenvalue weighted by Gasteiger charge is 2.22. The Morgan fingerprint density at radius 2 is 2.11 bits per heavy atom. The predicted molar refractivity (Wildman–Crippen MR) is 89.2 cm³/mol. The minimum absolute atomic E-state index is 0.0371. The summed E-state index contributed by atoms with van der Waals surface area (Å²) in [7, 11) is -3.71. The van der Waals surface area contributed by atoms with Crippen molar-refractivity contribution in [3.63, 3.8) is 0 Å². The molecule has 0 saturated heterocycles. The Morgan fingerprint density at radius 3 is 2.70 bits per heavy atom. The first-order valence-electron chi connectivity index (χ1n) is 7.62. The van der Waals surface area contributed by atoms with Crippen LogP contribution in [0.1, 0.15) is 24.5 Å². The summed E-state index contributed by atoms with van der Waals surface area (Å²) in [5.74, 6) is -0.323. The average Bonchev–Trinajstić information content (AvgIpc) is 3.14. The van der Waals surface area contributed by atoms with E-state index in [9.17, 15) is 23.3 Å². The van der Waals surface area contributed by atoms with Crippen molar-refractivity contribution in [2.45, 2.75) is 26.4 Å². The van der Waals surface area contributed by atoms with Gasteiger partial charge in [0.25, 0.3) is 10.1 Å². The summed E-state index contributed by atoms with van der Waals surface area (Å²) in [4.78, 5) is 25.4. The molecule has 2 rings (SSSR count). The molecular weight excluding hydrogens is 384 g/mol. The number of ether oxygens (including phenoxy) is 1. The molecule has 0 fully saturated rings. The number of rotatable bonds is 9. The molecule has 2 aromatic heterocycles. The van der Waals surface area contributed by atoms with E-state index in [2.05, 4.69) is 15.3 Å². The molecule has 27 heavy (non-hydrogen) atoms.